The van der Waals surface area contributed by atoms with Crippen LogP contribution in [0.1, 0.15) is 39.5 Å². The highest BCUT2D eigenvalue weighted by Crippen LogP contribution is 2.39. The van der Waals surface area contributed by atoms with Gasteiger partial charge in [0, 0.05) is 18.5 Å². The van der Waals surface area contributed by atoms with E-state index in [0.29, 0.717) is 12.2 Å². The lowest BCUT2D eigenvalue weighted by atomic mass is 9.70. The standard InChI is InChI=1S/C17H27FN2/c1-3-20(16-7-5-4-6-15(16)18)13-17(12-19)10-8-14(2)9-11-17/h4-7,14H,3,8-13,19H2,1-2H3. The van der Waals surface area contributed by atoms with Gasteiger partial charge in [0.25, 0.3) is 0 Å². The summed E-state index contributed by atoms with van der Waals surface area (Å²) in [5.74, 6) is 0.670. The van der Waals surface area contributed by atoms with E-state index in [2.05, 4.69) is 18.7 Å². The zero-order valence-corrected chi connectivity index (χ0v) is 12.7. The monoisotopic (exact) mass is 278 g/mol. The molecule has 1 aliphatic rings. The van der Waals surface area contributed by atoms with Gasteiger partial charge in [-0.3, -0.25) is 0 Å². The Balaban J connectivity index is 2.14. The Morgan fingerprint density at radius 2 is 1.95 bits per heavy atom. The lowest BCUT2D eigenvalue weighted by Gasteiger charge is -2.42. The third kappa shape index (κ3) is 3.32. The Hall–Kier alpha value is -1.09. The largest absolute Gasteiger partial charge is 0.369 e. The normalized spacial score (nSPS) is 26.5. The maximum Gasteiger partial charge on any atom is 0.146 e. The quantitative estimate of drug-likeness (QED) is 0.887. The SMILES string of the molecule is CCN(CC1(CN)CCC(C)CC1)c1ccccc1F. The fourth-order valence-electron chi connectivity index (χ4n) is 3.28. The van der Waals surface area contributed by atoms with Crippen molar-refractivity contribution < 1.29 is 4.39 Å². The zero-order chi connectivity index (χ0) is 14.6. The van der Waals surface area contributed by atoms with Gasteiger partial charge in [-0.15, -0.1) is 0 Å². The number of nitrogens with two attached hydrogens (primary N) is 1. The molecule has 112 valence electrons. The van der Waals surface area contributed by atoms with Crippen molar-refractivity contribution >= 4 is 5.69 Å². The second-order valence-corrected chi connectivity index (χ2v) is 6.35. The van der Waals surface area contributed by atoms with Crippen LogP contribution in [0, 0.1) is 17.2 Å². The number of benzene rings is 1. The third-order valence-corrected chi connectivity index (χ3v) is 4.87. The molecular weight excluding hydrogens is 251 g/mol. The van der Waals surface area contributed by atoms with Crippen molar-refractivity contribution in [2.24, 2.45) is 17.1 Å². The minimum Gasteiger partial charge on any atom is -0.369 e. The van der Waals surface area contributed by atoms with Gasteiger partial charge < -0.3 is 10.6 Å². The van der Waals surface area contributed by atoms with Crippen LogP contribution < -0.4 is 10.6 Å². The predicted molar refractivity (Wildman–Crippen MR) is 83.4 cm³/mol. The summed E-state index contributed by atoms with van der Waals surface area (Å²) in [6.07, 6.45) is 4.81. The van der Waals surface area contributed by atoms with Crippen molar-refractivity contribution in [3.05, 3.63) is 30.1 Å². The molecule has 3 heteroatoms. The molecule has 1 fully saturated rings. The molecule has 0 spiro atoms. The molecule has 0 unspecified atom stereocenters. The van der Waals surface area contributed by atoms with Crippen LogP contribution in [0.25, 0.3) is 0 Å². The summed E-state index contributed by atoms with van der Waals surface area (Å²) in [5, 5.41) is 0. The van der Waals surface area contributed by atoms with Gasteiger partial charge >= 0.3 is 0 Å². The van der Waals surface area contributed by atoms with Crippen LogP contribution in [0.15, 0.2) is 24.3 Å². The maximum atomic E-state index is 14.0. The van der Waals surface area contributed by atoms with Crippen LogP contribution in [0.2, 0.25) is 0 Å². The average molecular weight is 278 g/mol. The van der Waals surface area contributed by atoms with E-state index in [1.807, 2.05) is 12.1 Å². The highest BCUT2D eigenvalue weighted by Gasteiger charge is 2.34. The number of para-hydroxylation sites is 1. The number of rotatable bonds is 5. The first-order chi connectivity index (χ1) is 9.60. The smallest absolute Gasteiger partial charge is 0.146 e. The Kier molecular flexibility index (Phi) is 5.03. The molecule has 2 nitrogen and oxygen atoms in total. The van der Waals surface area contributed by atoms with E-state index in [0.717, 1.165) is 31.8 Å². The highest BCUT2D eigenvalue weighted by atomic mass is 19.1. The highest BCUT2D eigenvalue weighted by molar-refractivity contribution is 5.47. The van der Waals surface area contributed by atoms with E-state index in [4.69, 9.17) is 5.73 Å². The molecule has 0 heterocycles. The molecule has 1 aromatic carbocycles. The van der Waals surface area contributed by atoms with Gasteiger partial charge in [-0.2, -0.15) is 0 Å². The number of hydrogen-bond acceptors (Lipinski definition) is 2. The predicted octanol–water partition coefficient (Wildman–Crippen LogP) is 3.81. The molecule has 0 atom stereocenters. The van der Waals surface area contributed by atoms with Crippen LogP contribution in [-0.2, 0) is 0 Å². The molecule has 0 saturated heterocycles. The van der Waals surface area contributed by atoms with E-state index >= 15 is 0 Å². The Bertz CT molecular complexity index is 425. The number of halogens is 1. The number of anilines is 1. The molecule has 0 aromatic heterocycles. The summed E-state index contributed by atoms with van der Waals surface area (Å²) in [7, 11) is 0. The maximum absolute atomic E-state index is 14.0. The molecule has 1 aromatic rings. The minimum atomic E-state index is -0.134. The van der Waals surface area contributed by atoms with Gasteiger partial charge in [0.2, 0.25) is 0 Å². The van der Waals surface area contributed by atoms with Crippen molar-refractivity contribution in [2.75, 3.05) is 24.5 Å². The average Bonchev–Trinajstić information content (AvgIpc) is 2.48. The lowest BCUT2D eigenvalue weighted by molar-refractivity contribution is 0.169. The van der Waals surface area contributed by atoms with Gasteiger partial charge in [-0.25, -0.2) is 4.39 Å². The van der Waals surface area contributed by atoms with Crippen LogP contribution in [0.5, 0.6) is 0 Å². The second-order valence-electron chi connectivity index (χ2n) is 6.35. The van der Waals surface area contributed by atoms with Gasteiger partial charge in [0.05, 0.1) is 5.69 Å². The summed E-state index contributed by atoms with van der Waals surface area (Å²) < 4.78 is 14.0. The summed E-state index contributed by atoms with van der Waals surface area (Å²) >= 11 is 0. The van der Waals surface area contributed by atoms with Crippen molar-refractivity contribution in [2.45, 2.75) is 39.5 Å². The van der Waals surface area contributed by atoms with Gasteiger partial charge in [0.15, 0.2) is 0 Å². The van der Waals surface area contributed by atoms with E-state index in [9.17, 15) is 4.39 Å². The minimum absolute atomic E-state index is 0.134. The number of hydrogen-bond donors (Lipinski definition) is 1. The second kappa shape index (κ2) is 6.57. The molecule has 0 radical (unpaired) electrons. The Morgan fingerprint density at radius 1 is 1.30 bits per heavy atom. The molecule has 20 heavy (non-hydrogen) atoms. The molecular formula is C17H27FN2. The summed E-state index contributed by atoms with van der Waals surface area (Å²) in [5.41, 5.74) is 6.95. The van der Waals surface area contributed by atoms with Gasteiger partial charge in [-0.05, 0) is 44.4 Å². The van der Waals surface area contributed by atoms with E-state index in [1.165, 1.54) is 18.9 Å². The molecule has 0 amide bonds. The van der Waals surface area contributed by atoms with Gasteiger partial charge in [-0.1, -0.05) is 31.9 Å². The molecule has 2 rings (SSSR count). The first-order valence-electron chi connectivity index (χ1n) is 7.80. The van der Waals surface area contributed by atoms with Crippen molar-refractivity contribution in [1.29, 1.82) is 0 Å². The molecule has 0 aliphatic heterocycles. The zero-order valence-electron chi connectivity index (χ0n) is 12.7. The van der Waals surface area contributed by atoms with E-state index < -0.39 is 0 Å². The summed E-state index contributed by atoms with van der Waals surface area (Å²) in [6, 6.07) is 7.05. The van der Waals surface area contributed by atoms with Crippen LogP contribution in [-0.4, -0.2) is 19.6 Å². The van der Waals surface area contributed by atoms with Crippen LogP contribution in [0.4, 0.5) is 10.1 Å². The fourth-order valence-corrected chi connectivity index (χ4v) is 3.28. The van der Waals surface area contributed by atoms with Gasteiger partial charge in [0.1, 0.15) is 5.82 Å². The van der Waals surface area contributed by atoms with Crippen LogP contribution >= 0.6 is 0 Å². The first-order valence-corrected chi connectivity index (χ1v) is 7.80. The Morgan fingerprint density at radius 3 is 2.50 bits per heavy atom. The van der Waals surface area contributed by atoms with E-state index in [-0.39, 0.29) is 11.2 Å². The fraction of sp³-hybridized carbons (Fsp3) is 0.647. The topological polar surface area (TPSA) is 29.3 Å². The molecule has 1 aliphatic carbocycles. The first kappa shape index (κ1) is 15.3. The van der Waals surface area contributed by atoms with Crippen molar-refractivity contribution in [3.8, 4) is 0 Å². The Labute approximate surface area is 122 Å². The third-order valence-electron chi connectivity index (χ3n) is 4.87. The van der Waals surface area contributed by atoms with E-state index in [1.54, 1.807) is 6.07 Å². The summed E-state index contributed by atoms with van der Waals surface area (Å²) in [4.78, 5) is 2.15. The summed E-state index contributed by atoms with van der Waals surface area (Å²) in [6.45, 7) is 6.79. The molecule has 0 bridgehead atoms. The molecule has 2 N–H and O–H groups in total. The van der Waals surface area contributed by atoms with Crippen molar-refractivity contribution in [3.63, 3.8) is 0 Å². The number of nitrogens with zero attached hydrogens (tertiary/aromatic N) is 1. The van der Waals surface area contributed by atoms with Crippen LogP contribution in [0.3, 0.4) is 0 Å². The lowest BCUT2D eigenvalue weighted by Crippen LogP contribution is -2.45. The van der Waals surface area contributed by atoms with Crippen molar-refractivity contribution in [1.82, 2.24) is 0 Å². The molecule has 1 saturated carbocycles.